The van der Waals surface area contributed by atoms with Gasteiger partial charge in [0, 0.05) is 0 Å². The zero-order chi connectivity index (χ0) is 12.8. The minimum atomic E-state index is 0.247. The minimum Gasteiger partial charge on any atom is -0.508 e. The second-order valence-corrected chi connectivity index (χ2v) is 4.11. The lowest BCUT2D eigenvalue weighted by Crippen LogP contribution is -2.13. The van der Waals surface area contributed by atoms with Crippen molar-refractivity contribution >= 4 is 0 Å². The Morgan fingerprint density at radius 1 is 1.28 bits per heavy atom. The number of phenols is 1. The number of aromatic hydroxyl groups is 1. The molecule has 0 aliphatic heterocycles. The van der Waals surface area contributed by atoms with E-state index in [9.17, 15) is 5.11 Å². The molecule has 96 valence electrons. The fraction of sp³-hybridized carbons (Fsp3) is 0.385. The average molecular weight is 247 g/mol. The zero-order valence-electron chi connectivity index (χ0n) is 10.4. The summed E-state index contributed by atoms with van der Waals surface area (Å²) in [5, 5.41) is 20.5. The molecule has 1 aromatic carbocycles. The highest BCUT2D eigenvalue weighted by molar-refractivity contribution is 5.28. The van der Waals surface area contributed by atoms with Gasteiger partial charge in [0.05, 0.1) is 13.0 Å². The molecule has 0 saturated carbocycles. The third kappa shape index (κ3) is 3.56. The van der Waals surface area contributed by atoms with E-state index in [4.69, 9.17) is 4.42 Å². The molecule has 0 aliphatic carbocycles. The highest BCUT2D eigenvalue weighted by Crippen LogP contribution is 2.14. The van der Waals surface area contributed by atoms with Gasteiger partial charge < -0.3 is 14.8 Å². The Hall–Kier alpha value is -1.88. The van der Waals surface area contributed by atoms with E-state index < -0.39 is 0 Å². The van der Waals surface area contributed by atoms with Crippen molar-refractivity contribution < 1.29 is 9.52 Å². The number of nitrogens with one attached hydrogen (secondary N) is 1. The lowest BCUT2D eigenvalue weighted by molar-refractivity contribution is 0.438. The number of aromatic nitrogens is 2. The fourth-order valence-electron chi connectivity index (χ4n) is 1.64. The smallest absolute Gasteiger partial charge is 0.230 e. The Morgan fingerprint density at radius 3 is 2.89 bits per heavy atom. The summed E-state index contributed by atoms with van der Waals surface area (Å²) in [6, 6.07) is 7.04. The number of hydrogen-bond acceptors (Lipinski definition) is 5. The summed E-state index contributed by atoms with van der Waals surface area (Å²) in [6.45, 7) is 3.64. The Morgan fingerprint density at radius 2 is 2.11 bits per heavy atom. The highest BCUT2D eigenvalue weighted by Gasteiger charge is 2.06. The molecule has 2 rings (SSSR count). The molecule has 0 aliphatic rings. The monoisotopic (exact) mass is 247 g/mol. The van der Waals surface area contributed by atoms with Crippen molar-refractivity contribution in [2.24, 2.45) is 0 Å². The molecule has 2 aromatic rings. The summed E-state index contributed by atoms with van der Waals surface area (Å²) in [6.07, 6.45) is 1.61. The van der Waals surface area contributed by atoms with Gasteiger partial charge in [-0.1, -0.05) is 19.1 Å². The van der Waals surface area contributed by atoms with E-state index in [2.05, 4.69) is 22.4 Å². The topological polar surface area (TPSA) is 71.2 Å². The molecule has 1 heterocycles. The second kappa shape index (κ2) is 6.16. The Kier molecular flexibility index (Phi) is 4.30. The highest BCUT2D eigenvalue weighted by atomic mass is 16.4. The zero-order valence-corrected chi connectivity index (χ0v) is 10.4. The van der Waals surface area contributed by atoms with Gasteiger partial charge in [0.2, 0.25) is 11.8 Å². The molecule has 0 atom stereocenters. The van der Waals surface area contributed by atoms with E-state index in [-0.39, 0.29) is 5.75 Å². The molecule has 0 spiro atoms. The van der Waals surface area contributed by atoms with Gasteiger partial charge in [-0.05, 0) is 30.7 Å². The van der Waals surface area contributed by atoms with Crippen molar-refractivity contribution in [2.75, 3.05) is 6.54 Å². The van der Waals surface area contributed by atoms with Gasteiger partial charge in [-0.15, -0.1) is 10.2 Å². The summed E-state index contributed by atoms with van der Waals surface area (Å²) >= 11 is 0. The van der Waals surface area contributed by atoms with Crippen molar-refractivity contribution in [3.8, 4) is 5.75 Å². The van der Waals surface area contributed by atoms with E-state index in [0.29, 0.717) is 24.7 Å². The van der Waals surface area contributed by atoms with Gasteiger partial charge >= 0.3 is 0 Å². The first-order chi connectivity index (χ1) is 8.78. The quantitative estimate of drug-likeness (QED) is 0.762. The van der Waals surface area contributed by atoms with Crippen LogP contribution in [0, 0.1) is 0 Å². The van der Waals surface area contributed by atoms with E-state index in [1.807, 2.05) is 6.07 Å². The van der Waals surface area contributed by atoms with Crippen LogP contribution in [0.4, 0.5) is 0 Å². The van der Waals surface area contributed by atoms with Crippen LogP contribution < -0.4 is 5.32 Å². The third-order valence-corrected chi connectivity index (χ3v) is 2.48. The van der Waals surface area contributed by atoms with Gasteiger partial charge in [0.15, 0.2) is 0 Å². The molecule has 0 fully saturated rings. The Balaban J connectivity index is 1.94. The van der Waals surface area contributed by atoms with Gasteiger partial charge in [0.1, 0.15) is 5.75 Å². The van der Waals surface area contributed by atoms with Crippen molar-refractivity contribution in [3.05, 3.63) is 41.6 Å². The van der Waals surface area contributed by atoms with Crippen LogP contribution in [0.2, 0.25) is 0 Å². The maximum atomic E-state index is 9.36. The van der Waals surface area contributed by atoms with E-state index in [0.717, 1.165) is 18.5 Å². The molecule has 2 N–H and O–H groups in total. The predicted octanol–water partition coefficient (Wildman–Crippen LogP) is 1.87. The summed E-state index contributed by atoms with van der Waals surface area (Å²) in [7, 11) is 0. The normalized spacial score (nSPS) is 10.7. The largest absolute Gasteiger partial charge is 0.508 e. The van der Waals surface area contributed by atoms with Crippen LogP contribution in [-0.4, -0.2) is 21.8 Å². The van der Waals surface area contributed by atoms with Crippen molar-refractivity contribution in [2.45, 2.75) is 26.3 Å². The number of phenolic OH excluding ortho intramolecular Hbond substituents is 1. The summed E-state index contributed by atoms with van der Waals surface area (Å²) in [5.41, 5.74) is 0.951. The van der Waals surface area contributed by atoms with Crippen LogP contribution in [0.1, 0.15) is 30.7 Å². The van der Waals surface area contributed by atoms with Crippen LogP contribution in [0.3, 0.4) is 0 Å². The first kappa shape index (κ1) is 12.6. The molecule has 5 nitrogen and oxygen atoms in total. The van der Waals surface area contributed by atoms with Gasteiger partial charge in [-0.2, -0.15) is 0 Å². The molecule has 0 radical (unpaired) electrons. The molecule has 0 amide bonds. The molecule has 0 bridgehead atoms. The molecule has 1 aromatic heterocycles. The van der Waals surface area contributed by atoms with Crippen LogP contribution in [0.15, 0.2) is 28.7 Å². The maximum absolute atomic E-state index is 9.36. The van der Waals surface area contributed by atoms with E-state index >= 15 is 0 Å². The van der Waals surface area contributed by atoms with Crippen molar-refractivity contribution in [1.29, 1.82) is 0 Å². The Labute approximate surface area is 106 Å². The minimum absolute atomic E-state index is 0.247. The molecule has 5 heteroatoms. The lowest BCUT2D eigenvalue weighted by Gasteiger charge is -1.98. The van der Waals surface area contributed by atoms with Crippen LogP contribution in [0.5, 0.6) is 5.75 Å². The number of hydrogen-bond donors (Lipinski definition) is 2. The van der Waals surface area contributed by atoms with Crippen LogP contribution >= 0.6 is 0 Å². The first-order valence-corrected chi connectivity index (χ1v) is 6.08. The van der Waals surface area contributed by atoms with E-state index in [1.54, 1.807) is 18.2 Å². The summed E-state index contributed by atoms with van der Waals surface area (Å²) < 4.78 is 5.51. The maximum Gasteiger partial charge on any atom is 0.230 e. The Bertz CT molecular complexity index is 496. The van der Waals surface area contributed by atoms with Gasteiger partial charge in [-0.3, -0.25) is 0 Å². The van der Waals surface area contributed by atoms with Crippen molar-refractivity contribution in [3.63, 3.8) is 0 Å². The molecular formula is C13H17N3O2. The van der Waals surface area contributed by atoms with E-state index in [1.165, 1.54) is 0 Å². The number of rotatable bonds is 6. The number of benzene rings is 1. The molecular weight excluding hydrogens is 230 g/mol. The predicted molar refractivity (Wildman–Crippen MR) is 67.2 cm³/mol. The molecule has 18 heavy (non-hydrogen) atoms. The van der Waals surface area contributed by atoms with Gasteiger partial charge in [0.25, 0.3) is 0 Å². The van der Waals surface area contributed by atoms with Crippen molar-refractivity contribution in [1.82, 2.24) is 15.5 Å². The third-order valence-electron chi connectivity index (χ3n) is 2.48. The standard InChI is InChI=1S/C13H17N3O2/c1-2-6-14-9-13-16-15-12(18-13)8-10-4-3-5-11(17)7-10/h3-5,7,14,17H,2,6,8-9H2,1H3. The van der Waals surface area contributed by atoms with Gasteiger partial charge in [-0.25, -0.2) is 0 Å². The summed E-state index contributed by atoms with van der Waals surface area (Å²) in [5.74, 6) is 1.41. The summed E-state index contributed by atoms with van der Waals surface area (Å²) in [4.78, 5) is 0. The fourth-order valence-corrected chi connectivity index (χ4v) is 1.64. The van der Waals surface area contributed by atoms with Crippen LogP contribution in [0.25, 0.3) is 0 Å². The van der Waals surface area contributed by atoms with Crippen LogP contribution in [-0.2, 0) is 13.0 Å². The molecule has 0 unspecified atom stereocenters. The first-order valence-electron chi connectivity index (χ1n) is 6.08. The second-order valence-electron chi connectivity index (χ2n) is 4.11. The lowest BCUT2D eigenvalue weighted by atomic mass is 10.1. The number of nitrogens with zero attached hydrogens (tertiary/aromatic N) is 2. The SMILES string of the molecule is CCCNCc1nnc(Cc2cccc(O)c2)o1. The molecule has 0 saturated heterocycles. The average Bonchev–Trinajstić information content (AvgIpc) is 2.77.